The Hall–Kier alpha value is -0.780. The Morgan fingerprint density at radius 2 is 2.07 bits per heavy atom. The molecule has 1 saturated carbocycles. The van der Waals surface area contributed by atoms with Gasteiger partial charge in [0.05, 0.1) is 0 Å². The maximum absolute atomic E-state index is 11.8. The molecule has 0 aliphatic heterocycles. The van der Waals surface area contributed by atoms with Crippen molar-refractivity contribution in [2.24, 2.45) is 11.7 Å². The molecule has 0 spiro atoms. The summed E-state index contributed by atoms with van der Waals surface area (Å²) in [6, 6.07) is -0.287. The zero-order chi connectivity index (χ0) is 10.8. The first kappa shape index (κ1) is 11.3. The van der Waals surface area contributed by atoms with E-state index in [2.05, 4.69) is 5.32 Å². The Balaban J connectivity index is 2.31. The van der Waals surface area contributed by atoms with Crippen LogP contribution < -0.4 is 11.1 Å². The third-order valence-corrected chi connectivity index (χ3v) is 2.15. The highest BCUT2D eigenvalue weighted by Crippen LogP contribution is 2.32. The second-order valence-electron chi connectivity index (χ2n) is 3.54. The minimum Gasteiger partial charge on any atom is -0.352 e. The van der Waals surface area contributed by atoms with Crippen molar-refractivity contribution in [1.82, 2.24) is 5.32 Å². The smallest absolute Gasteiger partial charge is 0.352 e. The number of halogens is 3. The molecule has 1 rings (SSSR count). The summed E-state index contributed by atoms with van der Waals surface area (Å²) in [6.07, 6.45) is -3.98. The monoisotopic (exact) mass is 210 g/mol. The van der Waals surface area contributed by atoms with Crippen molar-refractivity contribution in [3.63, 3.8) is 0 Å². The Bertz CT molecular complexity index is 213. The van der Waals surface area contributed by atoms with Crippen LogP contribution in [0.4, 0.5) is 13.2 Å². The minimum absolute atomic E-state index is 0.203. The molecule has 1 fully saturated rings. The van der Waals surface area contributed by atoms with E-state index >= 15 is 0 Å². The number of amides is 1. The summed E-state index contributed by atoms with van der Waals surface area (Å²) in [6.45, 7) is 0.203. The molecule has 6 heteroatoms. The van der Waals surface area contributed by atoms with E-state index in [-0.39, 0.29) is 18.5 Å². The number of alkyl halides is 3. The largest absolute Gasteiger partial charge is 0.397 e. The van der Waals surface area contributed by atoms with Crippen molar-refractivity contribution in [3.8, 4) is 0 Å². The average molecular weight is 210 g/mol. The summed E-state index contributed by atoms with van der Waals surface area (Å²) < 4.78 is 35.4. The van der Waals surface area contributed by atoms with Gasteiger partial charge in [0.25, 0.3) is 0 Å². The molecule has 0 bridgehead atoms. The van der Waals surface area contributed by atoms with Crippen LogP contribution in [0.1, 0.15) is 19.3 Å². The van der Waals surface area contributed by atoms with Crippen LogP contribution in [0.25, 0.3) is 0 Å². The molecule has 1 aliphatic carbocycles. The molecule has 0 radical (unpaired) electrons. The van der Waals surface area contributed by atoms with Crippen molar-refractivity contribution in [2.75, 3.05) is 6.54 Å². The number of hydrogen-bond acceptors (Lipinski definition) is 2. The third kappa shape index (κ3) is 3.95. The Kier molecular flexibility index (Phi) is 3.36. The number of nitrogens with two attached hydrogens (primary N) is 1. The van der Waals surface area contributed by atoms with E-state index in [1.54, 1.807) is 0 Å². The van der Waals surface area contributed by atoms with Crippen LogP contribution in [0.15, 0.2) is 0 Å². The zero-order valence-corrected chi connectivity index (χ0v) is 7.60. The summed E-state index contributed by atoms with van der Waals surface area (Å²) >= 11 is 0. The lowest BCUT2D eigenvalue weighted by Gasteiger charge is -2.16. The molecule has 82 valence electrons. The van der Waals surface area contributed by atoms with Gasteiger partial charge in [-0.3, -0.25) is 4.79 Å². The molecule has 0 aromatic heterocycles. The van der Waals surface area contributed by atoms with Gasteiger partial charge in [-0.05, 0) is 18.8 Å². The highest BCUT2D eigenvalue weighted by Gasteiger charge is 2.35. The summed E-state index contributed by atoms with van der Waals surface area (Å²) in [5, 5.41) is 2.30. The molecular weight excluding hydrogens is 197 g/mol. The van der Waals surface area contributed by atoms with Crippen molar-refractivity contribution < 1.29 is 18.0 Å². The first-order valence-electron chi connectivity index (χ1n) is 4.48. The van der Waals surface area contributed by atoms with E-state index in [9.17, 15) is 18.0 Å². The van der Waals surface area contributed by atoms with Gasteiger partial charge in [-0.15, -0.1) is 0 Å². The fourth-order valence-corrected chi connectivity index (χ4v) is 1.31. The summed E-state index contributed by atoms with van der Waals surface area (Å²) in [5.74, 6) is -0.711. The van der Waals surface area contributed by atoms with E-state index in [1.807, 2.05) is 0 Å². The van der Waals surface area contributed by atoms with Gasteiger partial charge in [0.15, 0.2) is 0 Å². The van der Waals surface area contributed by atoms with Crippen LogP contribution in [0.3, 0.4) is 0 Å². The van der Waals surface area contributed by atoms with Crippen LogP contribution in [-0.2, 0) is 4.79 Å². The summed E-state index contributed by atoms with van der Waals surface area (Å²) in [7, 11) is 0. The lowest BCUT2D eigenvalue weighted by molar-refractivity contribution is -0.154. The Morgan fingerprint density at radius 3 is 2.43 bits per heavy atom. The van der Waals surface area contributed by atoms with E-state index in [1.165, 1.54) is 0 Å². The predicted molar refractivity (Wildman–Crippen MR) is 44.4 cm³/mol. The molecule has 0 aromatic carbocycles. The van der Waals surface area contributed by atoms with Crippen molar-refractivity contribution in [3.05, 3.63) is 0 Å². The number of carbonyl (C=O) groups is 1. The molecule has 1 amide bonds. The third-order valence-electron chi connectivity index (χ3n) is 2.15. The van der Waals surface area contributed by atoms with Crippen LogP contribution in [-0.4, -0.2) is 24.7 Å². The standard InChI is InChI=1S/C8H13F3N2O/c9-8(10,11)3-7(14)13-6(4-12)5-1-2-5/h5-6H,1-4,12H2,(H,13,14). The van der Waals surface area contributed by atoms with Gasteiger partial charge in [0.2, 0.25) is 5.91 Å². The zero-order valence-electron chi connectivity index (χ0n) is 7.60. The maximum Gasteiger partial charge on any atom is 0.397 e. The van der Waals surface area contributed by atoms with Gasteiger partial charge in [-0.25, -0.2) is 0 Å². The van der Waals surface area contributed by atoms with Gasteiger partial charge >= 0.3 is 6.18 Å². The Morgan fingerprint density at radius 1 is 1.50 bits per heavy atom. The normalized spacial score (nSPS) is 19.1. The van der Waals surface area contributed by atoms with Gasteiger partial charge < -0.3 is 11.1 Å². The SMILES string of the molecule is NCC(NC(=O)CC(F)(F)F)C1CC1. The molecule has 0 aromatic rings. The molecule has 3 N–H and O–H groups in total. The van der Waals surface area contributed by atoms with Crippen molar-refractivity contribution >= 4 is 5.91 Å². The first-order chi connectivity index (χ1) is 6.42. The van der Waals surface area contributed by atoms with E-state index in [4.69, 9.17) is 5.73 Å². The fourth-order valence-electron chi connectivity index (χ4n) is 1.31. The molecule has 14 heavy (non-hydrogen) atoms. The second-order valence-corrected chi connectivity index (χ2v) is 3.54. The van der Waals surface area contributed by atoms with Crippen LogP contribution >= 0.6 is 0 Å². The quantitative estimate of drug-likeness (QED) is 0.720. The highest BCUT2D eigenvalue weighted by molar-refractivity contribution is 5.77. The van der Waals surface area contributed by atoms with Crippen molar-refractivity contribution in [2.45, 2.75) is 31.5 Å². The molecule has 1 aliphatic rings. The number of rotatable bonds is 4. The van der Waals surface area contributed by atoms with E-state index in [0.717, 1.165) is 12.8 Å². The lowest BCUT2D eigenvalue weighted by atomic mass is 10.2. The fraction of sp³-hybridized carbons (Fsp3) is 0.875. The van der Waals surface area contributed by atoms with Crippen molar-refractivity contribution in [1.29, 1.82) is 0 Å². The number of carbonyl (C=O) groups excluding carboxylic acids is 1. The number of nitrogens with one attached hydrogen (secondary N) is 1. The maximum atomic E-state index is 11.8. The van der Waals surface area contributed by atoms with Gasteiger partial charge in [-0.2, -0.15) is 13.2 Å². The van der Waals surface area contributed by atoms with E-state index < -0.39 is 18.5 Å². The minimum atomic E-state index is -4.44. The first-order valence-corrected chi connectivity index (χ1v) is 4.48. The lowest BCUT2D eigenvalue weighted by Crippen LogP contribution is -2.43. The summed E-state index contributed by atoms with van der Waals surface area (Å²) in [4.78, 5) is 10.9. The molecule has 0 heterocycles. The Labute approximate surface area is 79.8 Å². The molecule has 0 saturated heterocycles. The van der Waals surface area contributed by atoms with E-state index in [0.29, 0.717) is 0 Å². The highest BCUT2D eigenvalue weighted by atomic mass is 19.4. The molecule has 1 unspecified atom stereocenters. The van der Waals surface area contributed by atoms with Gasteiger partial charge in [0, 0.05) is 12.6 Å². The second kappa shape index (κ2) is 4.16. The van der Waals surface area contributed by atoms with Crippen LogP contribution in [0.5, 0.6) is 0 Å². The molecular formula is C8H13F3N2O. The number of hydrogen-bond donors (Lipinski definition) is 2. The van der Waals surface area contributed by atoms with Gasteiger partial charge in [0.1, 0.15) is 6.42 Å². The van der Waals surface area contributed by atoms with Crippen LogP contribution in [0.2, 0.25) is 0 Å². The topological polar surface area (TPSA) is 55.1 Å². The molecule has 3 nitrogen and oxygen atoms in total. The molecule has 1 atom stereocenters. The average Bonchev–Trinajstić information content (AvgIpc) is 2.78. The predicted octanol–water partition coefficient (Wildman–Crippen LogP) is 0.792. The van der Waals surface area contributed by atoms with Gasteiger partial charge in [-0.1, -0.05) is 0 Å². The van der Waals surface area contributed by atoms with Crippen LogP contribution in [0, 0.1) is 5.92 Å². The summed E-state index contributed by atoms with van der Waals surface area (Å²) in [5.41, 5.74) is 5.33.